The van der Waals surface area contributed by atoms with E-state index >= 15 is 0 Å². The van der Waals surface area contributed by atoms with Crippen molar-refractivity contribution in [3.05, 3.63) is 48.7 Å². The van der Waals surface area contributed by atoms with Crippen LogP contribution in [0.25, 0.3) is 11.3 Å². The normalized spacial score (nSPS) is 9.00. The second-order valence-corrected chi connectivity index (χ2v) is 2.34. The maximum absolute atomic E-state index is 5.22. The average molecular weight is 152 g/mol. The van der Waals surface area contributed by atoms with Crippen molar-refractivity contribution in [3.8, 4) is 11.3 Å². The second-order valence-electron chi connectivity index (χ2n) is 2.34. The van der Waals surface area contributed by atoms with Crippen LogP contribution in [0.5, 0.6) is 0 Å². The minimum Gasteiger partial charge on any atom is -1.00 e. The molecule has 0 spiro atoms. The van der Waals surface area contributed by atoms with Gasteiger partial charge in [-0.1, -0.05) is 30.3 Å². The third kappa shape index (κ3) is 1.82. The maximum atomic E-state index is 5.22. The molecule has 1 aromatic carbocycles. The molecule has 0 N–H and O–H groups in total. The van der Waals surface area contributed by atoms with E-state index in [1.165, 1.54) is 0 Å². The fourth-order valence-corrected chi connectivity index (χ4v) is 1.05. The Morgan fingerprint density at radius 1 is 0.917 bits per heavy atom. The third-order valence-corrected chi connectivity index (χ3v) is 1.58. The summed E-state index contributed by atoms with van der Waals surface area (Å²) in [4.78, 5) is 0. The quantitative estimate of drug-likeness (QED) is 0.527. The van der Waals surface area contributed by atoms with Gasteiger partial charge in [-0.15, -0.1) is 0 Å². The van der Waals surface area contributed by atoms with Crippen LogP contribution < -0.4 is 18.9 Å². The Balaban J connectivity index is 0.000000720. The number of hydrogen-bond donors (Lipinski definition) is 0. The molecule has 0 aliphatic rings. The molecule has 12 heavy (non-hydrogen) atoms. The van der Waals surface area contributed by atoms with Crippen molar-refractivity contribution in [3.63, 3.8) is 0 Å². The van der Waals surface area contributed by atoms with Gasteiger partial charge in [0, 0.05) is 5.56 Å². The fourth-order valence-electron chi connectivity index (χ4n) is 1.05. The van der Waals surface area contributed by atoms with Gasteiger partial charge >= 0.3 is 18.9 Å². The topological polar surface area (TPSA) is 13.1 Å². The Labute approximate surface area is 85.1 Å². The predicted octanol–water partition coefficient (Wildman–Crippen LogP) is 0.0631. The number of hydrogen-bond acceptors (Lipinski definition) is 1. The number of rotatable bonds is 1. The predicted molar refractivity (Wildman–Crippen MR) is 45.3 cm³/mol. The van der Waals surface area contributed by atoms with Crippen molar-refractivity contribution in [2.24, 2.45) is 0 Å². The molecule has 0 saturated heterocycles. The molecule has 0 saturated carbocycles. The van der Waals surface area contributed by atoms with Crippen molar-refractivity contribution in [2.45, 2.75) is 0 Å². The van der Waals surface area contributed by atoms with Gasteiger partial charge in [0.15, 0.2) is 0 Å². The summed E-state index contributed by atoms with van der Waals surface area (Å²) in [6.07, 6.45) is 1.68. The van der Waals surface area contributed by atoms with Gasteiger partial charge in [0.1, 0.15) is 5.76 Å². The van der Waals surface area contributed by atoms with Crippen LogP contribution in [-0.4, -0.2) is 0 Å². The van der Waals surface area contributed by atoms with Gasteiger partial charge in [0.25, 0.3) is 0 Å². The van der Waals surface area contributed by atoms with E-state index in [9.17, 15) is 0 Å². The minimum absolute atomic E-state index is 0. The van der Waals surface area contributed by atoms with E-state index in [1.807, 2.05) is 42.5 Å². The van der Waals surface area contributed by atoms with Crippen LogP contribution in [0.3, 0.4) is 0 Å². The molecule has 1 heterocycles. The number of benzene rings is 1. The molecule has 0 unspecified atom stereocenters. The first-order chi connectivity index (χ1) is 5.47. The molecule has 2 heteroatoms. The molecule has 0 bridgehead atoms. The molecule has 0 radical (unpaired) electrons. The SMILES string of the molecule is [H-].[Li+].c1ccc(-c2ccco2)cc1. The molecule has 0 aliphatic heterocycles. The summed E-state index contributed by atoms with van der Waals surface area (Å²) in [7, 11) is 0. The molecule has 0 atom stereocenters. The van der Waals surface area contributed by atoms with Crippen molar-refractivity contribution >= 4 is 0 Å². The molecular formula is C10H9LiO. The van der Waals surface area contributed by atoms with E-state index in [0.29, 0.717) is 0 Å². The molecule has 0 amide bonds. The van der Waals surface area contributed by atoms with Gasteiger partial charge in [-0.05, 0) is 12.1 Å². The van der Waals surface area contributed by atoms with Crippen molar-refractivity contribution in [1.82, 2.24) is 0 Å². The van der Waals surface area contributed by atoms with Crippen LogP contribution in [0.1, 0.15) is 1.43 Å². The molecular weight excluding hydrogens is 143 g/mol. The zero-order valence-corrected chi connectivity index (χ0v) is 7.03. The summed E-state index contributed by atoms with van der Waals surface area (Å²) in [5.74, 6) is 0.922. The van der Waals surface area contributed by atoms with Crippen LogP contribution in [0, 0.1) is 0 Å². The molecule has 1 nitrogen and oxygen atoms in total. The Hall–Kier alpha value is -0.903. The zero-order valence-electron chi connectivity index (χ0n) is 8.03. The van der Waals surface area contributed by atoms with Crippen molar-refractivity contribution in [2.75, 3.05) is 0 Å². The first-order valence-corrected chi connectivity index (χ1v) is 3.56. The Morgan fingerprint density at radius 2 is 1.67 bits per heavy atom. The summed E-state index contributed by atoms with van der Waals surface area (Å²) >= 11 is 0. The molecule has 2 rings (SSSR count). The summed E-state index contributed by atoms with van der Waals surface area (Å²) in [5.41, 5.74) is 1.12. The third-order valence-electron chi connectivity index (χ3n) is 1.58. The first kappa shape index (κ1) is 9.19. The van der Waals surface area contributed by atoms with E-state index in [1.54, 1.807) is 6.26 Å². The first-order valence-electron chi connectivity index (χ1n) is 3.56. The molecule has 0 fully saturated rings. The van der Waals surface area contributed by atoms with E-state index in [-0.39, 0.29) is 20.3 Å². The van der Waals surface area contributed by atoms with Gasteiger partial charge in [-0.3, -0.25) is 0 Å². The van der Waals surface area contributed by atoms with Crippen LogP contribution >= 0.6 is 0 Å². The smallest absolute Gasteiger partial charge is 1.00 e. The summed E-state index contributed by atoms with van der Waals surface area (Å²) in [5, 5.41) is 0. The molecule has 2 aromatic rings. The van der Waals surface area contributed by atoms with Gasteiger partial charge < -0.3 is 5.84 Å². The molecule has 0 aliphatic carbocycles. The minimum atomic E-state index is 0. The van der Waals surface area contributed by atoms with E-state index < -0.39 is 0 Å². The molecule has 56 valence electrons. The fraction of sp³-hybridized carbons (Fsp3) is 0. The van der Waals surface area contributed by atoms with Gasteiger partial charge in [0.05, 0.1) is 6.26 Å². The standard InChI is InChI=1S/C10H8O.Li.H/c1-2-5-9(6-3-1)10-7-4-8-11-10;;/h1-8H;;/q;+1;-1. The summed E-state index contributed by atoms with van der Waals surface area (Å²) in [6, 6.07) is 13.9. The molecule has 1 aromatic heterocycles. The summed E-state index contributed by atoms with van der Waals surface area (Å²) in [6.45, 7) is 0. The van der Waals surface area contributed by atoms with Crippen LogP contribution in [0.15, 0.2) is 53.1 Å². The largest absolute Gasteiger partial charge is 1.00 e. The maximum Gasteiger partial charge on any atom is 1.00 e. The van der Waals surface area contributed by atoms with Gasteiger partial charge in [-0.25, -0.2) is 0 Å². The van der Waals surface area contributed by atoms with Crippen LogP contribution in [0.2, 0.25) is 0 Å². The average Bonchev–Trinajstić information content (AvgIpc) is 2.58. The van der Waals surface area contributed by atoms with Crippen molar-refractivity contribution < 1.29 is 24.7 Å². The Bertz CT molecular complexity index is 318. The zero-order chi connectivity index (χ0) is 7.52. The Kier molecular flexibility index (Phi) is 3.22. The van der Waals surface area contributed by atoms with Gasteiger partial charge in [-0.2, -0.15) is 0 Å². The van der Waals surface area contributed by atoms with E-state index in [2.05, 4.69) is 0 Å². The number of furan rings is 1. The van der Waals surface area contributed by atoms with E-state index in [4.69, 9.17) is 4.42 Å². The van der Waals surface area contributed by atoms with Crippen molar-refractivity contribution in [1.29, 1.82) is 0 Å². The van der Waals surface area contributed by atoms with Crippen LogP contribution in [0.4, 0.5) is 0 Å². The van der Waals surface area contributed by atoms with Crippen LogP contribution in [-0.2, 0) is 0 Å². The second kappa shape index (κ2) is 4.21. The Morgan fingerprint density at radius 3 is 2.25 bits per heavy atom. The summed E-state index contributed by atoms with van der Waals surface area (Å²) < 4.78 is 5.22. The van der Waals surface area contributed by atoms with E-state index in [0.717, 1.165) is 11.3 Å². The monoisotopic (exact) mass is 152 g/mol. The van der Waals surface area contributed by atoms with Gasteiger partial charge in [0.2, 0.25) is 0 Å².